The van der Waals surface area contributed by atoms with Crippen molar-refractivity contribution in [2.75, 3.05) is 13.2 Å². The summed E-state index contributed by atoms with van der Waals surface area (Å²) in [4.78, 5) is 0. The molecule has 2 aromatic rings. The van der Waals surface area contributed by atoms with Crippen molar-refractivity contribution in [3.8, 4) is 11.5 Å². The van der Waals surface area contributed by atoms with Crippen molar-refractivity contribution in [1.29, 1.82) is 0 Å². The molecule has 0 heterocycles. The molecule has 34 heavy (non-hydrogen) atoms. The van der Waals surface area contributed by atoms with Crippen molar-refractivity contribution >= 4 is 23.2 Å². The first kappa shape index (κ1) is 28.8. The SMILES string of the molecule is CC(C)C(CCCCCOc1ccc(F)cc1)C(C)(C)CCCCCOc1ccc(Cl)cc1Cl. The third kappa shape index (κ3) is 10.4. The maximum absolute atomic E-state index is 13.0. The fourth-order valence-corrected chi connectivity index (χ4v) is 5.27. The van der Waals surface area contributed by atoms with E-state index in [9.17, 15) is 4.39 Å². The van der Waals surface area contributed by atoms with Gasteiger partial charge in [-0.2, -0.15) is 0 Å². The molecule has 0 aromatic heterocycles. The van der Waals surface area contributed by atoms with Gasteiger partial charge in [0.2, 0.25) is 0 Å². The maximum atomic E-state index is 13.0. The standard InChI is InChI=1S/C29H41Cl2FO2/c1-22(2)26(11-7-5-9-19-33-25-15-13-24(32)14-16-25)29(3,4)18-8-6-10-20-34-28-17-12-23(30)21-27(28)31/h12-17,21-22,26H,5-11,18-20H2,1-4H3. The van der Waals surface area contributed by atoms with E-state index in [0.29, 0.717) is 46.3 Å². The molecule has 0 aliphatic carbocycles. The van der Waals surface area contributed by atoms with E-state index >= 15 is 0 Å². The van der Waals surface area contributed by atoms with Gasteiger partial charge in [0.15, 0.2) is 0 Å². The van der Waals surface area contributed by atoms with E-state index in [1.807, 2.05) is 6.07 Å². The molecule has 0 aliphatic heterocycles. The summed E-state index contributed by atoms with van der Waals surface area (Å²) in [6.45, 7) is 10.9. The normalized spacial score (nSPS) is 12.7. The molecule has 0 saturated heterocycles. The van der Waals surface area contributed by atoms with E-state index in [-0.39, 0.29) is 5.82 Å². The molecular weight excluding hydrogens is 470 g/mol. The van der Waals surface area contributed by atoms with Crippen LogP contribution in [0.15, 0.2) is 42.5 Å². The number of unbranched alkanes of at least 4 members (excludes halogenated alkanes) is 4. The summed E-state index contributed by atoms with van der Waals surface area (Å²) in [7, 11) is 0. The van der Waals surface area contributed by atoms with Crippen molar-refractivity contribution in [2.24, 2.45) is 17.3 Å². The van der Waals surface area contributed by atoms with Crippen LogP contribution >= 0.6 is 23.2 Å². The van der Waals surface area contributed by atoms with Crippen LogP contribution in [0, 0.1) is 23.1 Å². The van der Waals surface area contributed by atoms with Crippen LogP contribution in [0.5, 0.6) is 11.5 Å². The Hall–Kier alpha value is -1.45. The van der Waals surface area contributed by atoms with Crippen molar-refractivity contribution in [2.45, 2.75) is 79.1 Å². The highest BCUT2D eigenvalue weighted by Gasteiger charge is 2.30. The predicted octanol–water partition coefficient (Wildman–Crippen LogP) is 10.0. The smallest absolute Gasteiger partial charge is 0.137 e. The Morgan fingerprint density at radius 1 is 0.824 bits per heavy atom. The summed E-state index contributed by atoms with van der Waals surface area (Å²) in [6, 6.07) is 11.6. The van der Waals surface area contributed by atoms with Gasteiger partial charge in [-0.3, -0.25) is 0 Å². The monoisotopic (exact) mass is 510 g/mol. The van der Waals surface area contributed by atoms with Crippen LogP contribution in [-0.2, 0) is 0 Å². The highest BCUT2D eigenvalue weighted by Crippen LogP contribution is 2.40. The molecule has 0 spiro atoms. The average molecular weight is 512 g/mol. The van der Waals surface area contributed by atoms with E-state index in [4.69, 9.17) is 32.7 Å². The fraction of sp³-hybridized carbons (Fsp3) is 0.586. The number of rotatable bonds is 16. The lowest BCUT2D eigenvalue weighted by Crippen LogP contribution is -2.28. The second-order valence-electron chi connectivity index (χ2n) is 10.2. The summed E-state index contributed by atoms with van der Waals surface area (Å²) >= 11 is 12.1. The van der Waals surface area contributed by atoms with E-state index in [1.165, 1.54) is 37.8 Å². The first-order valence-electron chi connectivity index (χ1n) is 12.7. The lowest BCUT2D eigenvalue weighted by molar-refractivity contribution is 0.124. The van der Waals surface area contributed by atoms with Crippen LogP contribution in [-0.4, -0.2) is 13.2 Å². The summed E-state index contributed by atoms with van der Waals surface area (Å²) < 4.78 is 24.5. The summed E-state index contributed by atoms with van der Waals surface area (Å²) in [6.07, 6.45) is 9.26. The van der Waals surface area contributed by atoms with Gasteiger partial charge in [0.05, 0.1) is 18.2 Å². The van der Waals surface area contributed by atoms with Gasteiger partial charge in [-0.1, -0.05) is 76.6 Å². The Kier molecular flexibility index (Phi) is 12.6. The number of hydrogen-bond donors (Lipinski definition) is 0. The highest BCUT2D eigenvalue weighted by atomic mass is 35.5. The van der Waals surface area contributed by atoms with Crippen molar-refractivity contribution in [3.05, 3.63) is 58.3 Å². The van der Waals surface area contributed by atoms with Crippen LogP contribution in [0.4, 0.5) is 4.39 Å². The molecule has 0 bridgehead atoms. The molecule has 0 aliphatic rings. The molecule has 0 saturated carbocycles. The quantitative estimate of drug-likeness (QED) is 0.209. The summed E-state index contributed by atoms with van der Waals surface area (Å²) in [5, 5.41) is 1.19. The molecule has 0 radical (unpaired) electrons. The number of benzene rings is 2. The van der Waals surface area contributed by atoms with E-state index in [2.05, 4.69) is 27.7 Å². The lowest BCUT2D eigenvalue weighted by Gasteiger charge is -2.38. The Morgan fingerprint density at radius 3 is 2.12 bits per heavy atom. The number of ether oxygens (including phenoxy) is 2. The van der Waals surface area contributed by atoms with Crippen molar-refractivity contribution < 1.29 is 13.9 Å². The predicted molar refractivity (Wildman–Crippen MR) is 143 cm³/mol. The molecule has 1 unspecified atom stereocenters. The second kappa shape index (κ2) is 14.8. The van der Waals surface area contributed by atoms with Crippen LogP contribution in [0.1, 0.15) is 79.1 Å². The van der Waals surface area contributed by atoms with Crippen LogP contribution in [0.25, 0.3) is 0 Å². The molecule has 2 rings (SSSR count). The minimum Gasteiger partial charge on any atom is -0.494 e. The minimum atomic E-state index is -0.231. The Morgan fingerprint density at radius 2 is 1.47 bits per heavy atom. The molecule has 2 aromatic carbocycles. The Labute approximate surface area is 216 Å². The van der Waals surface area contributed by atoms with Gasteiger partial charge in [-0.25, -0.2) is 4.39 Å². The molecule has 190 valence electrons. The van der Waals surface area contributed by atoms with E-state index in [1.54, 1.807) is 24.3 Å². The third-order valence-corrected chi connectivity index (χ3v) is 7.20. The minimum absolute atomic E-state index is 0.231. The number of halogens is 3. The molecular formula is C29H41Cl2FO2. The lowest BCUT2D eigenvalue weighted by atomic mass is 9.68. The first-order valence-corrected chi connectivity index (χ1v) is 13.4. The van der Waals surface area contributed by atoms with Crippen molar-refractivity contribution in [1.82, 2.24) is 0 Å². The second-order valence-corrected chi connectivity index (χ2v) is 11.1. The van der Waals surface area contributed by atoms with Gasteiger partial charge >= 0.3 is 0 Å². The fourth-order valence-electron chi connectivity index (χ4n) is 4.81. The molecule has 2 nitrogen and oxygen atoms in total. The molecule has 5 heteroatoms. The van der Waals surface area contributed by atoms with Gasteiger partial charge in [0.1, 0.15) is 17.3 Å². The Balaban J connectivity index is 1.62. The molecule has 1 atom stereocenters. The largest absolute Gasteiger partial charge is 0.494 e. The topological polar surface area (TPSA) is 18.5 Å². The van der Waals surface area contributed by atoms with Gasteiger partial charge in [-0.15, -0.1) is 0 Å². The molecule has 0 N–H and O–H groups in total. The highest BCUT2D eigenvalue weighted by molar-refractivity contribution is 6.35. The van der Waals surface area contributed by atoms with Gasteiger partial charge in [0, 0.05) is 5.02 Å². The van der Waals surface area contributed by atoms with Gasteiger partial charge in [0.25, 0.3) is 0 Å². The summed E-state index contributed by atoms with van der Waals surface area (Å²) in [5.74, 6) is 2.58. The van der Waals surface area contributed by atoms with Gasteiger partial charge in [-0.05, 0) is 85.4 Å². The third-order valence-electron chi connectivity index (χ3n) is 6.67. The van der Waals surface area contributed by atoms with E-state index < -0.39 is 0 Å². The van der Waals surface area contributed by atoms with Crippen molar-refractivity contribution in [3.63, 3.8) is 0 Å². The molecule has 0 amide bonds. The molecule has 0 fully saturated rings. The zero-order valence-corrected chi connectivity index (χ0v) is 22.7. The zero-order valence-electron chi connectivity index (χ0n) is 21.2. The summed E-state index contributed by atoms with van der Waals surface area (Å²) in [5.41, 5.74) is 0.319. The van der Waals surface area contributed by atoms with Crippen LogP contribution < -0.4 is 9.47 Å². The number of hydrogen-bond acceptors (Lipinski definition) is 2. The maximum Gasteiger partial charge on any atom is 0.137 e. The van der Waals surface area contributed by atoms with Crippen LogP contribution in [0.3, 0.4) is 0 Å². The van der Waals surface area contributed by atoms with Gasteiger partial charge < -0.3 is 9.47 Å². The first-order chi connectivity index (χ1) is 16.2. The van der Waals surface area contributed by atoms with E-state index in [0.717, 1.165) is 31.4 Å². The zero-order chi connectivity index (χ0) is 25.0. The van der Waals surface area contributed by atoms with Crippen LogP contribution in [0.2, 0.25) is 10.0 Å². The Bertz CT molecular complexity index is 837. The average Bonchev–Trinajstić information content (AvgIpc) is 2.77.